The summed E-state index contributed by atoms with van der Waals surface area (Å²) in [6, 6.07) is 4.52. The monoisotopic (exact) mass is 150 g/mol. The third-order valence-electron chi connectivity index (χ3n) is 1.47. The Morgan fingerprint density at radius 1 is 1.55 bits per heavy atom. The molecule has 0 aliphatic heterocycles. The highest BCUT2D eigenvalue weighted by molar-refractivity contribution is 5.51. The van der Waals surface area contributed by atoms with Crippen molar-refractivity contribution < 1.29 is 4.39 Å². The number of halogens is 1. The number of rotatable bonds is 0. The molecule has 56 valence electrons. The number of hydrogen-bond donors (Lipinski definition) is 1. The first-order chi connectivity index (χ1) is 5.15. The molecule has 1 rings (SSSR count). The van der Waals surface area contributed by atoms with Crippen molar-refractivity contribution in [2.45, 2.75) is 6.92 Å². The lowest BCUT2D eigenvalue weighted by Crippen LogP contribution is -1.94. The molecule has 0 aliphatic rings. The van der Waals surface area contributed by atoms with Gasteiger partial charge < -0.3 is 5.73 Å². The van der Waals surface area contributed by atoms with Gasteiger partial charge in [0.25, 0.3) is 0 Å². The minimum atomic E-state index is -0.526. The van der Waals surface area contributed by atoms with Gasteiger partial charge in [-0.2, -0.15) is 5.26 Å². The van der Waals surface area contributed by atoms with E-state index in [1.54, 1.807) is 13.0 Å². The lowest BCUT2D eigenvalue weighted by atomic mass is 10.1. The molecule has 0 saturated carbocycles. The third-order valence-corrected chi connectivity index (χ3v) is 1.47. The predicted octanol–water partition coefficient (Wildman–Crippen LogP) is 1.59. The van der Waals surface area contributed by atoms with E-state index in [2.05, 4.69) is 0 Å². The van der Waals surface area contributed by atoms with E-state index >= 15 is 0 Å². The molecule has 2 N–H and O–H groups in total. The summed E-state index contributed by atoms with van der Waals surface area (Å²) in [5.74, 6) is -0.526. The molecule has 0 radical (unpaired) electrons. The predicted molar refractivity (Wildman–Crippen MR) is 40.3 cm³/mol. The molecule has 0 atom stereocenters. The molecule has 0 aromatic heterocycles. The Hall–Kier alpha value is -1.56. The lowest BCUT2D eigenvalue weighted by Gasteiger charge is -2.00. The van der Waals surface area contributed by atoms with Gasteiger partial charge in [-0.25, -0.2) is 4.39 Å². The fourth-order valence-electron chi connectivity index (χ4n) is 0.820. The van der Waals surface area contributed by atoms with E-state index < -0.39 is 5.82 Å². The van der Waals surface area contributed by atoms with Gasteiger partial charge in [-0.1, -0.05) is 0 Å². The normalized spacial score (nSPS) is 9.18. The summed E-state index contributed by atoms with van der Waals surface area (Å²) >= 11 is 0. The Labute approximate surface area is 64.1 Å². The Bertz CT molecular complexity index is 302. The highest BCUT2D eigenvalue weighted by Gasteiger charge is 2.02. The van der Waals surface area contributed by atoms with E-state index in [0.717, 1.165) is 6.07 Å². The molecule has 11 heavy (non-hydrogen) atoms. The summed E-state index contributed by atoms with van der Waals surface area (Å²) in [6.07, 6.45) is 0. The summed E-state index contributed by atoms with van der Waals surface area (Å²) in [5, 5.41) is 8.42. The third kappa shape index (κ3) is 1.30. The number of anilines is 1. The van der Waals surface area contributed by atoms with Crippen molar-refractivity contribution in [3.63, 3.8) is 0 Å². The second-order valence-corrected chi connectivity index (χ2v) is 2.30. The first kappa shape index (κ1) is 7.55. The van der Waals surface area contributed by atoms with Crippen LogP contribution in [0.2, 0.25) is 0 Å². The van der Waals surface area contributed by atoms with Crippen LogP contribution in [0, 0.1) is 24.1 Å². The molecule has 3 heteroatoms. The maximum Gasteiger partial charge on any atom is 0.147 e. The average Bonchev–Trinajstić information content (AvgIpc) is 1.99. The highest BCUT2D eigenvalue weighted by atomic mass is 19.1. The molecule has 0 aliphatic carbocycles. The molecule has 2 nitrogen and oxygen atoms in total. The zero-order chi connectivity index (χ0) is 8.43. The molecule has 0 unspecified atom stereocenters. The van der Waals surface area contributed by atoms with Crippen LogP contribution >= 0.6 is 0 Å². The largest absolute Gasteiger partial charge is 0.396 e. The Morgan fingerprint density at radius 3 is 2.64 bits per heavy atom. The fraction of sp³-hybridized carbons (Fsp3) is 0.125. The molecule has 0 spiro atoms. The average molecular weight is 150 g/mol. The van der Waals surface area contributed by atoms with Crippen molar-refractivity contribution in [3.8, 4) is 6.07 Å². The number of nitrogens with zero attached hydrogens (tertiary/aromatic N) is 1. The van der Waals surface area contributed by atoms with E-state index in [0.29, 0.717) is 11.1 Å². The Balaban J connectivity index is 3.35. The van der Waals surface area contributed by atoms with Gasteiger partial charge in [-0.15, -0.1) is 0 Å². The second kappa shape index (κ2) is 2.59. The molecule has 1 aromatic rings. The molecule has 0 bridgehead atoms. The van der Waals surface area contributed by atoms with Gasteiger partial charge in [0.2, 0.25) is 0 Å². The molecule has 0 fully saturated rings. The number of aryl methyl sites for hydroxylation is 1. The van der Waals surface area contributed by atoms with Crippen LogP contribution in [0.1, 0.15) is 11.1 Å². The van der Waals surface area contributed by atoms with Gasteiger partial charge in [0, 0.05) is 0 Å². The van der Waals surface area contributed by atoms with Crippen molar-refractivity contribution in [3.05, 3.63) is 29.1 Å². The first-order valence-electron chi connectivity index (χ1n) is 3.11. The van der Waals surface area contributed by atoms with Crippen LogP contribution in [0.15, 0.2) is 12.1 Å². The Morgan fingerprint density at radius 2 is 2.18 bits per heavy atom. The summed E-state index contributed by atoms with van der Waals surface area (Å²) in [7, 11) is 0. The van der Waals surface area contributed by atoms with Gasteiger partial charge in [-0.3, -0.25) is 0 Å². The van der Waals surface area contributed by atoms with E-state index in [4.69, 9.17) is 11.0 Å². The topological polar surface area (TPSA) is 49.8 Å². The number of benzene rings is 1. The van der Waals surface area contributed by atoms with Gasteiger partial charge in [0.15, 0.2) is 0 Å². The molecular weight excluding hydrogens is 143 g/mol. The Kier molecular flexibility index (Phi) is 1.77. The summed E-state index contributed by atoms with van der Waals surface area (Å²) < 4.78 is 12.8. The van der Waals surface area contributed by atoms with Crippen LogP contribution < -0.4 is 5.73 Å². The summed E-state index contributed by atoms with van der Waals surface area (Å²) in [6.45, 7) is 1.67. The lowest BCUT2D eigenvalue weighted by molar-refractivity contribution is 0.631. The van der Waals surface area contributed by atoms with Crippen LogP contribution in [0.4, 0.5) is 10.1 Å². The summed E-state index contributed by atoms with van der Waals surface area (Å²) in [4.78, 5) is 0. The zero-order valence-corrected chi connectivity index (χ0v) is 6.06. The molecule has 1 aromatic carbocycles. The van der Waals surface area contributed by atoms with Crippen molar-refractivity contribution in [2.75, 3.05) is 5.73 Å². The van der Waals surface area contributed by atoms with Gasteiger partial charge in [-0.05, 0) is 24.6 Å². The van der Waals surface area contributed by atoms with E-state index in [1.807, 2.05) is 6.07 Å². The quantitative estimate of drug-likeness (QED) is 0.571. The van der Waals surface area contributed by atoms with Crippen LogP contribution in [0.5, 0.6) is 0 Å². The second-order valence-electron chi connectivity index (χ2n) is 2.30. The fourth-order valence-corrected chi connectivity index (χ4v) is 0.820. The number of nitrogen functional groups attached to an aromatic ring is 1. The maximum atomic E-state index is 12.8. The van der Waals surface area contributed by atoms with Gasteiger partial charge in [0.05, 0.1) is 17.3 Å². The number of nitrogens with two attached hydrogens (primary N) is 1. The van der Waals surface area contributed by atoms with E-state index in [1.165, 1.54) is 0 Å². The summed E-state index contributed by atoms with van der Waals surface area (Å²) in [5.41, 5.74) is 6.33. The molecular formula is C8H7FN2. The smallest absolute Gasteiger partial charge is 0.147 e. The van der Waals surface area contributed by atoms with Crippen LogP contribution in [-0.2, 0) is 0 Å². The SMILES string of the molecule is Cc1cc(C#N)cc(F)c1N. The van der Waals surface area contributed by atoms with E-state index in [-0.39, 0.29) is 5.69 Å². The van der Waals surface area contributed by atoms with Crippen LogP contribution in [-0.4, -0.2) is 0 Å². The first-order valence-corrected chi connectivity index (χ1v) is 3.11. The molecule has 0 heterocycles. The molecule has 0 saturated heterocycles. The number of hydrogen-bond acceptors (Lipinski definition) is 2. The van der Waals surface area contributed by atoms with Crippen molar-refractivity contribution in [1.82, 2.24) is 0 Å². The van der Waals surface area contributed by atoms with Crippen molar-refractivity contribution in [1.29, 1.82) is 5.26 Å². The van der Waals surface area contributed by atoms with Crippen LogP contribution in [0.3, 0.4) is 0 Å². The van der Waals surface area contributed by atoms with Gasteiger partial charge >= 0.3 is 0 Å². The maximum absolute atomic E-state index is 12.8. The van der Waals surface area contributed by atoms with Crippen molar-refractivity contribution >= 4 is 5.69 Å². The van der Waals surface area contributed by atoms with E-state index in [9.17, 15) is 4.39 Å². The van der Waals surface area contributed by atoms with Gasteiger partial charge in [0.1, 0.15) is 5.82 Å². The highest BCUT2D eigenvalue weighted by Crippen LogP contribution is 2.16. The van der Waals surface area contributed by atoms with Crippen LogP contribution in [0.25, 0.3) is 0 Å². The number of nitriles is 1. The minimum absolute atomic E-state index is 0.115. The minimum Gasteiger partial charge on any atom is -0.396 e. The molecule has 0 amide bonds. The van der Waals surface area contributed by atoms with Crippen molar-refractivity contribution in [2.24, 2.45) is 0 Å². The zero-order valence-electron chi connectivity index (χ0n) is 6.06. The standard InChI is InChI=1S/C8H7FN2/c1-5-2-6(4-10)3-7(9)8(5)11/h2-3H,11H2,1H3.